The number of rotatable bonds is 11. The smallest absolute Gasteiger partial charge is 0.262 e. The van der Waals surface area contributed by atoms with Crippen molar-refractivity contribution in [3.63, 3.8) is 0 Å². The van der Waals surface area contributed by atoms with Gasteiger partial charge < -0.3 is 28.4 Å². The fourth-order valence-electron chi connectivity index (χ4n) is 3.48. The van der Waals surface area contributed by atoms with Gasteiger partial charge in [-0.15, -0.1) is 0 Å². The SMILES string of the molecule is COc1cc(C=Cc2ccc(NS(=O)(=O)c3cc(OC)c(OC)c(OC)c3)cc2)cc(OC)c1OC. The third kappa shape index (κ3) is 5.77. The molecule has 0 heterocycles. The molecule has 0 spiro atoms. The topological polar surface area (TPSA) is 102 Å². The Kier molecular flexibility index (Phi) is 8.55. The molecule has 0 unspecified atom stereocenters. The van der Waals surface area contributed by atoms with Crippen LogP contribution in [0.2, 0.25) is 0 Å². The Bertz CT molecular complexity index is 1280. The third-order valence-electron chi connectivity index (χ3n) is 5.27. The Hall–Kier alpha value is -4.05. The van der Waals surface area contributed by atoms with E-state index >= 15 is 0 Å². The second kappa shape index (κ2) is 11.6. The second-order valence-electron chi connectivity index (χ2n) is 7.38. The van der Waals surface area contributed by atoms with Crippen LogP contribution in [0, 0.1) is 0 Å². The lowest BCUT2D eigenvalue weighted by Crippen LogP contribution is -2.13. The molecule has 36 heavy (non-hydrogen) atoms. The van der Waals surface area contributed by atoms with Gasteiger partial charge in [-0.3, -0.25) is 4.72 Å². The molecule has 0 saturated heterocycles. The standard InChI is InChI=1S/C26H29NO8S/c1-30-21-13-18(14-22(31-2)25(21)34-5)8-7-17-9-11-19(12-10-17)27-36(28,29)20-15-23(32-3)26(35-6)24(16-20)33-4/h7-16,27H,1-6H3. The van der Waals surface area contributed by atoms with Gasteiger partial charge in [-0.1, -0.05) is 24.3 Å². The van der Waals surface area contributed by atoms with Crippen LogP contribution in [0.1, 0.15) is 11.1 Å². The summed E-state index contributed by atoms with van der Waals surface area (Å²) in [5.41, 5.74) is 2.10. The zero-order valence-corrected chi connectivity index (χ0v) is 21.8. The first-order chi connectivity index (χ1) is 17.3. The molecule has 0 saturated carbocycles. The summed E-state index contributed by atoms with van der Waals surface area (Å²) in [7, 11) is 5.04. The number of ether oxygens (including phenoxy) is 6. The lowest BCUT2D eigenvalue weighted by atomic mass is 10.1. The monoisotopic (exact) mass is 515 g/mol. The molecule has 0 aliphatic rings. The zero-order chi connectivity index (χ0) is 26.3. The summed E-state index contributed by atoms with van der Waals surface area (Å²) in [6.45, 7) is 0. The van der Waals surface area contributed by atoms with Crippen molar-refractivity contribution in [1.82, 2.24) is 0 Å². The van der Waals surface area contributed by atoms with E-state index in [0.29, 0.717) is 28.7 Å². The molecule has 3 aromatic rings. The maximum atomic E-state index is 13.0. The fraction of sp³-hybridized carbons (Fsp3) is 0.231. The molecular weight excluding hydrogens is 486 g/mol. The average molecular weight is 516 g/mol. The van der Waals surface area contributed by atoms with Gasteiger partial charge in [-0.2, -0.15) is 0 Å². The minimum absolute atomic E-state index is 0.0247. The van der Waals surface area contributed by atoms with Gasteiger partial charge in [0.1, 0.15) is 0 Å². The van der Waals surface area contributed by atoms with Crippen LogP contribution in [-0.2, 0) is 10.0 Å². The average Bonchev–Trinajstić information content (AvgIpc) is 2.90. The number of benzene rings is 3. The summed E-state index contributed by atoms with van der Waals surface area (Å²) in [6, 6.07) is 13.3. The van der Waals surface area contributed by atoms with E-state index in [4.69, 9.17) is 28.4 Å². The zero-order valence-electron chi connectivity index (χ0n) is 20.9. The third-order valence-corrected chi connectivity index (χ3v) is 6.63. The normalized spacial score (nSPS) is 11.2. The van der Waals surface area contributed by atoms with Crippen molar-refractivity contribution in [3.05, 3.63) is 59.7 Å². The van der Waals surface area contributed by atoms with Crippen LogP contribution in [0.3, 0.4) is 0 Å². The van der Waals surface area contributed by atoms with Crippen LogP contribution in [0.5, 0.6) is 34.5 Å². The van der Waals surface area contributed by atoms with Crippen LogP contribution >= 0.6 is 0 Å². The first-order valence-electron chi connectivity index (χ1n) is 10.7. The molecule has 0 radical (unpaired) electrons. The largest absolute Gasteiger partial charge is 0.493 e. The van der Waals surface area contributed by atoms with E-state index in [9.17, 15) is 8.42 Å². The molecule has 1 N–H and O–H groups in total. The molecule has 0 aromatic heterocycles. The Labute approximate surface area is 211 Å². The molecule has 192 valence electrons. The molecule has 9 nitrogen and oxygen atoms in total. The van der Waals surface area contributed by atoms with Gasteiger partial charge in [0, 0.05) is 17.8 Å². The van der Waals surface area contributed by atoms with Crippen molar-refractivity contribution in [2.24, 2.45) is 0 Å². The highest BCUT2D eigenvalue weighted by Crippen LogP contribution is 2.40. The van der Waals surface area contributed by atoms with Crippen molar-refractivity contribution in [3.8, 4) is 34.5 Å². The number of nitrogens with one attached hydrogen (secondary N) is 1. The van der Waals surface area contributed by atoms with Gasteiger partial charge >= 0.3 is 0 Å². The molecule has 0 aliphatic heterocycles. The molecule has 3 rings (SSSR count). The Morgan fingerprint density at radius 3 is 1.42 bits per heavy atom. The van der Waals surface area contributed by atoms with Crippen molar-refractivity contribution in [2.75, 3.05) is 47.4 Å². The van der Waals surface area contributed by atoms with E-state index in [2.05, 4.69) is 4.72 Å². The van der Waals surface area contributed by atoms with Gasteiger partial charge in [0.15, 0.2) is 23.0 Å². The summed E-state index contributed by atoms with van der Waals surface area (Å²) >= 11 is 0. The maximum Gasteiger partial charge on any atom is 0.262 e. The van der Waals surface area contributed by atoms with E-state index in [1.165, 1.54) is 33.5 Å². The Balaban J connectivity index is 1.81. The lowest BCUT2D eigenvalue weighted by Gasteiger charge is -2.15. The number of hydrogen-bond acceptors (Lipinski definition) is 8. The quantitative estimate of drug-likeness (QED) is 0.367. The van der Waals surface area contributed by atoms with E-state index in [1.54, 1.807) is 45.6 Å². The predicted octanol–water partition coefficient (Wildman–Crippen LogP) is 4.71. The molecule has 10 heteroatoms. The minimum Gasteiger partial charge on any atom is -0.493 e. The van der Waals surface area contributed by atoms with E-state index in [-0.39, 0.29) is 16.4 Å². The molecule has 0 aliphatic carbocycles. The molecule has 3 aromatic carbocycles. The highest BCUT2D eigenvalue weighted by molar-refractivity contribution is 7.92. The van der Waals surface area contributed by atoms with Gasteiger partial charge in [0.05, 0.1) is 47.6 Å². The Morgan fingerprint density at radius 1 is 0.583 bits per heavy atom. The number of sulfonamides is 1. The first-order valence-corrected chi connectivity index (χ1v) is 12.2. The number of anilines is 1. The van der Waals surface area contributed by atoms with Gasteiger partial charge in [-0.25, -0.2) is 8.42 Å². The number of hydrogen-bond donors (Lipinski definition) is 1. The summed E-state index contributed by atoms with van der Waals surface area (Å²) in [5, 5.41) is 0. The van der Waals surface area contributed by atoms with Crippen LogP contribution in [0.25, 0.3) is 12.2 Å². The molecular formula is C26H29NO8S. The predicted molar refractivity (Wildman–Crippen MR) is 138 cm³/mol. The number of methoxy groups -OCH3 is 6. The molecule has 0 atom stereocenters. The van der Waals surface area contributed by atoms with Crippen LogP contribution in [-0.4, -0.2) is 51.1 Å². The summed E-state index contributed by atoms with van der Waals surface area (Å²) in [6.07, 6.45) is 3.78. The minimum atomic E-state index is -3.92. The van der Waals surface area contributed by atoms with E-state index in [0.717, 1.165) is 11.1 Å². The summed E-state index contributed by atoms with van der Waals surface area (Å²) in [4.78, 5) is -0.0247. The van der Waals surface area contributed by atoms with Crippen LogP contribution in [0.4, 0.5) is 5.69 Å². The second-order valence-corrected chi connectivity index (χ2v) is 9.06. The van der Waals surface area contributed by atoms with Crippen molar-refractivity contribution in [1.29, 1.82) is 0 Å². The van der Waals surface area contributed by atoms with Gasteiger partial charge in [0.2, 0.25) is 11.5 Å². The molecule has 0 amide bonds. The van der Waals surface area contributed by atoms with E-state index < -0.39 is 10.0 Å². The lowest BCUT2D eigenvalue weighted by molar-refractivity contribution is 0.323. The summed E-state index contributed by atoms with van der Waals surface area (Å²) in [5.74, 6) is 2.40. The van der Waals surface area contributed by atoms with Crippen molar-refractivity contribution < 1.29 is 36.8 Å². The van der Waals surface area contributed by atoms with Crippen LogP contribution in [0.15, 0.2) is 53.4 Å². The van der Waals surface area contributed by atoms with Crippen molar-refractivity contribution in [2.45, 2.75) is 4.90 Å². The maximum absolute atomic E-state index is 13.0. The van der Waals surface area contributed by atoms with Crippen LogP contribution < -0.4 is 33.1 Å². The fourth-order valence-corrected chi connectivity index (χ4v) is 4.57. The highest BCUT2D eigenvalue weighted by Gasteiger charge is 2.21. The molecule has 0 bridgehead atoms. The molecule has 0 fully saturated rings. The Morgan fingerprint density at radius 2 is 1.00 bits per heavy atom. The van der Waals surface area contributed by atoms with E-state index in [1.807, 2.05) is 24.3 Å². The highest BCUT2D eigenvalue weighted by atomic mass is 32.2. The first kappa shape index (κ1) is 26.6. The van der Waals surface area contributed by atoms with Gasteiger partial charge in [-0.05, 0) is 35.4 Å². The van der Waals surface area contributed by atoms with Gasteiger partial charge in [0.25, 0.3) is 10.0 Å². The summed E-state index contributed by atoms with van der Waals surface area (Å²) < 4.78 is 60.5. The van der Waals surface area contributed by atoms with Crippen molar-refractivity contribution >= 4 is 27.9 Å².